The van der Waals surface area contributed by atoms with Gasteiger partial charge in [0.15, 0.2) is 0 Å². The molecule has 8 heteroatoms. The Kier molecular flexibility index (Phi) is 6.95. The van der Waals surface area contributed by atoms with E-state index >= 15 is 0 Å². The van der Waals surface area contributed by atoms with Crippen LogP contribution in [0.15, 0.2) is 59.5 Å². The van der Waals surface area contributed by atoms with E-state index in [1.165, 1.54) is 10.4 Å². The van der Waals surface area contributed by atoms with E-state index in [1.807, 2.05) is 42.3 Å². The van der Waals surface area contributed by atoms with E-state index in [2.05, 4.69) is 6.92 Å². The van der Waals surface area contributed by atoms with Crippen LogP contribution in [0, 0.1) is 0 Å². The van der Waals surface area contributed by atoms with Gasteiger partial charge in [0.05, 0.1) is 11.6 Å². The van der Waals surface area contributed by atoms with Crippen LogP contribution in [0.2, 0.25) is 5.02 Å². The fourth-order valence-electron chi connectivity index (χ4n) is 3.41. The van der Waals surface area contributed by atoms with Crippen molar-refractivity contribution in [3.8, 4) is 0 Å². The van der Waals surface area contributed by atoms with Gasteiger partial charge in [0.2, 0.25) is 15.9 Å². The number of carbonyl (C=O) groups is 1. The zero-order valence-electron chi connectivity index (χ0n) is 16.7. The van der Waals surface area contributed by atoms with Crippen molar-refractivity contribution in [2.45, 2.75) is 17.9 Å². The van der Waals surface area contributed by atoms with Crippen LogP contribution < -0.4 is 0 Å². The lowest BCUT2D eigenvalue weighted by Gasteiger charge is -2.35. The molecule has 1 unspecified atom stereocenters. The van der Waals surface area contributed by atoms with Crippen LogP contribution in [0.1, 0.15) is 18.5 Å². The molecule has 6 nitrogen and oxygen atoms in total. The van der Waals surface area contributed by atoms with Crippen LogP contribution in [0.5, 0.6) is 0 Å². The molecular weight excluding hydrogens is 410 g/mol. The van der Waals surface area contributed by atoms with Crippen LogP contribution in [0.25, 0.3) is 0 Å². The Hall–Kier alpha value is -1.93. The van der Waals surface area contributed by atoms with Crippen molar-refractivity contribution < 1.29 is 13.2 Å². The summed E-state index contributed by atoms with van der Waals surface area (Å²) in [7, 11) is -1.74. The third kappa shape index (κ3) is 4.98. The highest BCUT2D eigenvalue weighted by Gasteiger charge is 2.31. The Morgan fingerprint density at radius 3 is 2.24 bits per heavy atom. The average Bonchev–Trinajstić information content (AvgIpc) is 2.74. The van der Waals surface area contributed by atoms with Gasteiger partial charge in [-0.2, -0.15) is 4.31 Å². The number of rotatable bonds is 6. The number of halogens is 1. The standard InChI is InChI=1S/C21H26ClN3O3S/c1-17(18-8-4-3-5-9-18)23(2)16-21(26)24-12-14-25(15-13-24)29(27,28)20-11-7-6-10-19(20)22/h3-11,17H,12-16H2,1-2H3. The van der Waals surface area contributed by atoms with E-state index in [0.717, 1.165) is 5.56 Å². The first kappa shape index (κ1) is 21.8. The maximum atomic E-state index is 12.8. The molecule has 29 heavy (non-hydrogen) atoms. The Balaban J connectivity index is 1.58. The van der Waals surface area contributed by atoms with Crippen LogP contribution in [0.3, 0.4) is 0 Å². The van der Waals surface area contributed by atoms with Gasteiger partial charge in [0, 0.05) is 32.2 Å². The minimum Gasteiger partial charge on any atom is -0.339 e. The lowest BCUT2D eigenvalue weighted by molar-refractivity contribution is -0.133. The molecular formula is C21H26ClN3O3S. The first-order chi connectivity index (χ1) is 13.8. The largest absolute Gasteiger partial charge is 0.339 e. The van der Waals surface area contributed by atoms with Crippen LogP contribution in [-0.4, -0.2) is 68.2 Å². The molecule has 1 aliphatic rings. The zero-order chi connectivity index (χ0) is 21.0. The number of piperazine rings is 1. The van der Waals surface area contributed by atoms with Gasteiger partial charge in [-0.05, 0) is 31.7 Å². The maximum Gasteiger partial charge on any atom is 0.244 e. The Labute approximate surface area is 177 Å². The molecule has 0 spiro atoms. The van der Waals surface area contributed by atoms with Gasteiger partial charge in [-0.25, -0.2) is 8.42 Å². The van der Waals surface area contributed by atoms with Gasteiger partial charge in [0.1, 0.15) is 4.90 Å². The third-order valence-corrected chi connectivity index (χ3v) is 7.77. The van der Waals surface area contributed by atoms with Crippen molar-refractivity contribution in [3.63, 3.8) is 0 Å². The molecule has 2 aromatic carbocycles. The van der Waals surface area contributed by atoms with Crippen LogP contribution in [-0.2, 0) is 14.8 Å². The average molecular weight is 436 g/mol. The predicted octanol–water partition coefficient (Wildman–Crippen LogP) is 2.87. The Bertz CT molecular complexity index is 945. The maximum absolute atomic E-state index is 12.8. The highest BCUT2D eigenvalue weighted by atomic mass is 35.5. The number of benzene rings is 2. The fraction of sp³-hybridized carbons (Fsp3) is 0.381. The molecule has 0 bridgehead atoms. The summed E-state index contributed by atoms with van der Waals surface area (Å²) >= 11 is 6.07. The molecule has 1 fully saturated rings. The molecule has 1 atom stereocenters. The normalized spacial score (nSPS) is 16.8. The number of likely N-dealkylation sites (N-methyl/N-ethyl adjacent to an activating group) is 1. The summed E-state index contributed by atoms with van der Waals surface area (Å²) in [5.41, 5.74) is 1.15. The fourth-order valence-corrected chi connectivity index (χ4v) is 5.32. The van der Waals surface area contributed by atoms with Gasteiger partial charge in [-0.1, -0.05) is 54.1 Å². The summed E-state index contributed by atoms with van der Waals surface area (Å²) in [5, 5.41) is 0.211. The monoisotopic (exact) mass is 435 g/mol. The van der Waals surface area contributed by atoms with E-state index < -0.39 is 10.0 Å². The molecule has 2 aromatic rings. The first-order valence-corrected chi connectivity index (χ1v) is 11.4. The summed E-state index contributed by atoms with van der Waals surface area (Å²) in [6.07, 6.45) is 0. The van der Waals surface area contributed by atoms with E-state index in [0.29, 0.717) is 13.1 Å². The highest BCUT2D eigenvalue weighted by molar-refractivity contribution is 7.89. The molecule has 0 saturated carbocycles. The SMILES string of the molecule is CC(c1ccccc1)N(C)CC(=O)N1CCN(S(=O)(=O)c2ccccc2Cl)CC1. The number of hydrogen-bond donors (Lipinski definition) is 0. The zero-order valence-corrected chi connectivity index (χ0v) is 18.2. The first-order valence-electron chi connectivity index (χ1n) is 9.58. The summed E-state index contributed by atoms with van der Waals surface area (Å²) in [6, 6.07) is 16.6. The van der Waals surface area contributed by atoms with Crippen molar-refractivity contribution >= 4 is 27.5 Å². The predicted molar refractivity (Wildman–Crippen MR) is 114 cm³/mol. The molecule has 0 aliphatic carbocycles. The minimum absolute atomic E-state index is 0.00470. The van der Waals surface area contributed by atoms with Crippen molar-refractivity contribution in [3.05, 3.63) is 65.2 Å². The molecule has 3 rings (SSSR count). The quantitative estimate of drug-likeness (QED) is 0.700. The molecule has 0 radical (unpaired) electrons. The Morgan fingerprint density at radius 2 is 1.62 bits per heavy atom. The molecule has 1 amide bonds. The highest BCUT2D eigenvalue weighted by Crippen LogP contribution is 2.25. The second kappa shape index (κ2) is 9.26. The minimum atomic E-state index is -3.66. The number of carbonyl (C=O) groups excluding carboxylic acids is 1. The molecule has 156 valence electrons. The second-order valence-electron chi connectivity index (χ2n) is 7.22. The van der Waals surface area contributed by atoms with Crippen LogP contribution in [0.4, 0.5) is 0 Å². The third-order valence-electron chi connectivity index (χ3n) is 5.37. The van der Waals surface area contributed by atoms with E-state index in [9.17, 15) is 13.2 Å². The van der Waals surface area contributed by atoms with Gasteiger partial charge in [-0.3, -0.25) is 9.69 Å². The number of nitrogens with zero attached hydrogens (tertiary/aromatic N) is 3. The number of sulfonamides is 1. The molecule has 0 aromatic heterocycles. The lowest BCUT2D eigenvalue weighted by Crippen LogP contribution is -2.52. The molecule has 1 aliphatic heterocycles. The van der Waals surface area contributed by atoms with E-state index in [4.69, 9.17) is 11.6 Å². The smallest absolute Gasteiger partial charge is 0.244 e. The topological polar surface area (TPSA) is 60.9 Å². The van der Waals surface area contributed by atoms with Crippen molar-refractivity contribution in [2.24, 2.45) is 0 Å². The van der Waals surface area contributed by atoms with E-state index in [-0.39, 0.29) is 41.5 Å². The van der Waals surface area contributed by atoms with Crippen LogP contribution >= 0.6 is 11.6 Å². The lowest BCUT2D eigenvalue weighted by atomic mass is 10.1. The van der Waals surface area contributed by atoms with Gasteiger partial charge in [-0.15, -0.1) is 0 Å². The second-order valence-corrected chi connectivity index (χ2v) is 9.53. The van der Waals surface area contributed by atoms with E-state index in [1.54, 1.807) is 23.1 Å². The van der Waals surface area contributed by atoms with Gasteiger partial charge in [0.25, 0.3) is 0 Å². The summed E-state index contributed by atoms with van der Waals surface area (Å²) in [4.78, 5) is 16.6. The molecule has 1 saturated heterocycles. The summed E-state index contributed by atoms with van der Waals surface area (Å²) in [5.74, 6) is 0.00470. The van der Waals surface area contributed by atoms with Gasteiger partial charge < -0.3 is 4.90 Å². The summed E-state index contributed by atoms with van der Waals surface area (Å²) < 4.78 is 27.1. The van der Waals surface area contributed by atoms with Crippen molar-refractivity contribution in [2.75, 3.05) is 39.8 Å². The van der Waals surface area contributed by atoms with Gasteiger partial charge >= 0.3 is 0 Å². The number of hydrogen-bond acceptors (Lipinski definition) is 4. The van der Waals surface area contributed by atoms with Crippen molar-refractivity contribution in [1.82, 2.24) is 14.1 Å². The number of amides is 1. The summed E-state index contributed by atoms with van der Waals surface area (Å²) in [6.45, 7) is 3.62. The molecule has 1 heterocycles. The van der Waals surface area contributed by atoms with Crippen molar-refractivity contribution in [1.29, 1.82) is 0 Å². The molecule has 0 N–H and O–H groups in total. The Morgan fingerprint density at radius 1 is 1.03 bits per heavy atom.